The number of phenols is 1. The predicted octanol–water partition coefficient (Wildman–Crippen LogP) is 6.50. The maximum atomic E-state index is 15.0. The highest BCUT2D eigenvalue weighted by Gasteiger charge is 2.44. The molecule has 0 unspecified atom stereocenters. The smallest absolute Gasteiger partial charge is 0.410 e. The van der Waals surface area contributed by atoms with E-state index in [0.29, 0.717) is 55.2 Å². The van der Waals surface area contributed by atoms with E-state index >= 15 is 0 Å². The molecule has 3 aromatic carbocycles. The minimum Gasteiger partial charge on any atom is -0.505 e. The molecule has 1 saturated carbocycles. The van der Waals surface area contributed by atoms with Crippen molar-refractivity contribution in [3.05, 3.63) is 72.0 Å². The van der Waals surface area contributed by atoms with E-state index in [-0.39, 0.29) is 42.5 Å². The number of carbonyl (C=O) groups is 3. The highest BCUT2D eigenvalue weighted by molar-refractivity contribution is 6.01. The monoisotopic (exact) mass is 673 g/mol. The van der Waals surface area contributed by atoms with Gasteiger partial charge in [0.2, 0.25) is 5.91 Å². The molecule has 2 fully saturated rings. The van der Waals surface area contributed by atoms with E-state index in [2.05, 4.69) is 0 Å². The van der Waals surface area contributed by atoms with E-state index in [1.54, 1.807) is 35.1 Å². The first-order chi connectivity index (χ1) is 23.4. The van der Waals surface area contributed by atoms with Gasteiger partial charge < -0.3 is 34.0 Å². The summed E-state index contributed by atoms with van der Waals surface area (Å²) in [5.41, 5.74) is 2.25. The Labute approximate surface area is 286 Å². The third kappa shape index (κ3) is 7.51. The fraction of sp³-hybridized carbons (Fsp3) is 0.447. The van der Waals surface area contributed by atoms with Crippen LogP contribution < -0.4 is 14.5 Å². The number of likely N-dealkylation sites (tertiary alicyclic amines) is 1. The summed E-state index contributed by atoms with van der Waals surface area (Å²) < 4.78 is 31.7. The lowest BCUT2D eigenvalue weighted by molar-refractivity contribution is -0.124. The van der Waals surface area contributed by atoms with Crippen LogP contribution in [0.25, 0.3) is 11.1 Å². The van der Waals surface area contributed by atoms with Crippen LogP contribution in [0.15, 0.2) is 60.7 Å². The molecule has 1 aliphatic carbocycles. The third-order valence-electron chi connectivity index (χ3n) is 9.23. The Hall–Kier alpha value is -4.64. The maximum absolute atomic E-state index is 15.0. The maximum Gasteiger partial charge on any atom is 0.410 e. The number of benzene rings is 3. The lowest BCUT2D eigenvalue weighted by Gasteiger charge is -2.41. The van der Waals surface area contributed by atoms with Crippen molar-refractivity contribution in [3.63, 3.8) is 0 Å². The molecule has 0 aromatic heterocycles. The largest absolute Gasteiger partial charge is 0.505 e. The SMILES string of the molecule is COCCCN1C(=O)COc2ccc(N(C(=O)[C@H]3CN(C(=O)OC(C)(C)C)CC[C@@H]3c3cccc(-c4cccc(O)c4F)c3)C3CC3)cc21. The van der Waals surface area contributed by atoms with Crippen molar-refractivity contribution in [1.29, 1.82) is 0 Å². The molecule has 49 heavy (non-hydrogen) atoms. The van der Waals surface area contributed by atoms with Crippen LogP contribution in [0.3, 0.4) is 0 Å². The van der Waals surface area contributed by atoms with Gasteiger partial charge in [-0.2, -0.15) is 0 Å². The molecule has 10 nitrogen and oxygen atoms in total. The molecule has 6 rings (SSSR count). The quantitative estimate of drug-likeness (QED) is 0.259. The van der Waals surface area contributed by atoms with Crippen molar-refractivity contribution in [1.82, 2.24) is 4.90 Å². The summed E-state index contributed by atoms with van der Waals surface area (Å²) in [5.74, 6) is -1.79. The van der Waals surface area contributed by atoms with Crippen molar-refractivity contribution >= 4 is 29.3 Å². The summed E-state index contributed by atoms with van der Waals surface area (Å²) in [6.45, 7) is 6.85. The van der Waals surface area contributed by atoms with E-state index in [1.807, 2.05) is 62.1 Å². The van der Waals surface area contributed by atoms with Crippen molar-refractivity contribution in [2.24, 2.45) is 5.92 Å². The number of phenolic OH excluding ortho intramolecular Hbond substituents is 1. The fourth-order valence-electron chi connectivity index (χ4n) is 6.76. The number of hydrogen-bond acceptors (Lipinski definition) is 7. The number of fused-ring (bicyclic) bond motifs is 1. The molecule has 1 saturated heterocycles. The van der Waals surface area contributed by atoms with Crippen LogP contribution in [0.2, 0.25) is 0 Å². The standard InChI is InChI=1S/C38H44FN3O7/c1-38(2,3)49-37(46)40-18-16-28(24-8-5-9-25(20-24)29-10-6-11-32(43)35(29)39)30(22-40)36(45)42(26-12-13-26)27-14-15-33-31(21-27)41(17-7-19-47-4)34(44)23-48-33/h5-6,8-11,14-15,20-21,26,28,30,43H,7,12-13,16-19,22-23H2,1-4H3/t28-,30+/m1/s1. The van der Waals surface area contributed by atoms with Gasteiger partial charge in [-0.15, -0.1) is 0 Å². The molecule has 2 atom stereocenters. The summed E-state index contributed by atoms with van der Waals surface area (Å²) in [6, 6.07) is 17.4. The van der Waals surface area contributed by atoms with Gasteiger partial charge in [0.25, 0.3) is 5.91 Å². The zero-order chi connectivity index (χ0) is 34.9. The second-order valence-electron chi connectivity index (χ2n) is 14.0. The first kappa shape index (κ1) is 34.2. The van der Waals surface area contributed by atoms with Gasteiger partial charge in [0.1, 0.15) is 11.4 Å². The Morgan fingerprint density at radius 1 is 1.06 bits per heavy atom. The van der Waals surface area contributed by atoms with E-state index in [0.717, 1.165) is 18.4 Å². The zero-order valence-corrected chi connectivity index (χ0v) is 28.5. The fourth-order valence-corrected chi connectivity index (χ4v) is 6.76. The Morgan fingerprint density at radius 3 is 2.57 bits per heavy atom. The molecule has 260 valence electrons. The molecule has 0 spiro atoms. The Bertz CT molecular complexity index is 1720. The van der Waals surface area contributed by atoms with Crippen LogP contribution in [0, 0.1) is 11.7 Å². The molecule has 1 N–H and O–H groups in total. The second-order valence-corrected chi connectivity index (χ2v) is 14.0. The number of piperidine rings is 1. The normalized spacial score (nSPS) is 19.2. The van der Waals surface area contributed by atoms with Gasteiger partial charge in [-0.1, -0.05) is 36.4 Å². The summed E-state index contributed by atoms with van der Waals surface area (Å²) in [7, 11) is 1.62. The van der Waals surface area contributed by atoms with Gasteiger partial charge in [0, 0.05) is 50.6 Å². The second kappa shape index (κ2) is 14.1. The van der Waals surface area contributed by atoms with E-state index in [4.69, 9.17) is 14.2 Å². The summed E-state index contributed by atoms with van der Waals surface area (Å²) in [4.78, 5) is 46.3. The average Bonchev–Trinajstić information content (AvgIpc) is 3.91. The summed E-state index contributed by atoms with van der Waals surface area (Å²) >= 11 is 0. The Morgan fingerprint density at radius 2 is 1.84 bits per heavy atom. The number of aromatic hydroxyl groups is 1. The van der Waals surface area contributed by atoms with Crippen molar-refractivity contribution in [2.45, 2.75) is 64.0 Å². The van der Waals surface area contributed by atoms with Crippen LogP contribution in [0.5, 0.6) is 11.5 Å². The zero-order valence-electron chi connectivity index (χ0n) is 28.5. The molecule has 3 aliphatic rings. The van der Waals surface area contributed by atoms with Crippen molar-refractivity contribution in [2.75, 3.05) is 49.8 Å². The highest BCUT2D eigenvalue weighted by Crippen LogP contribution is 2.43. The van der Waals surface area contributed by atoms with E-state index in [1.165, 1.54) is 6.07 Å². The predicted molar refractivity (Wildman–Crippen MR) is 183 cm³/mol. The van der Waals surface area contributed by atoms with Crippen LogP contribution in [-0.2, 0) is 19.1 Å². The number of halogens is 1. The summed E-state index contributed by atoms with van der Waals surface area (Å²) in [6.07, 6.45) is 2.31. The molecular weight excluding hydrogens is 629 g/mol. The molecule has 3 aromatic rings. The molecule has 0 bridgehead atoms. The molecule has 3 amide bonds. The van der Waals surface area contributed by atoms with Crippen LogP contribution in [0.4, 0.5) is 20.6 Å². The van der Waals surface area contributed by atoms with Crippen molar-refractivity contribution < 1.29 is 38.1 Å². The van der Waals surface area contributed by atoms with E-state index in [9.17, 15) is 23.9 Å². The van der Waals surface area contributed by atoms with Crippen LogP contribution in [-0.4, -0.2) is 79.5 Å². The molecule has 0 radical (unpaired) electrons. The topological polar surface area (TPSA) is 109 Å². The number of amides is 3. The third-order valence-corrected chi connectivity index (χ3v) is 9.23. The molecule has 2 aliphatic heterocycles. The minimum absolute atomic E-state index is 0.0296. The van der Waals surface area contributed by atoms with Crippen LogP contribution in [0.1, 0.15) is 57.9 Å². The van der Waals surface area contributed by atoms with Gasteiger partial charge >= 0.3 is 6.09 Å². The number of rotatable bonds is 9. The van der Waals surface area contributed by atoms with E-state index < -0.39 is 29.2 Å². The lowest BCUT2D eigenvalue weighted by atomic mass is 9.78. The number of ether oxygens (including phenoxy) is 3. The first-order valence-corrected chi connectivity index (χ1v) is 16.9. The molecule has 2 heterocycles. The van der Waals surface area contributed by atoms with Gasteiger partial charge in [-0.05, 0) is 87.8 Å². The average molecular weight is 674 g/mol. The first-order valence-electron chi connectivity index (χ1n) is 16.9. The molecular formula is C38H44FN3O7. The number of anilines is 2. The van der Waals surface area contributed by atoms with Gasteiger partial charge in [-0.25, -0.2) is 9.18 Å². The van der Waals surface area contributed by atoms with Crippen LogP contribution >= 0.6 is 0 Å². The number of carbonyl (C=O) groups excluding carboxylic acids is 3. The Kier molecular flexibility index (Phi) is 9.83. The summed E-state index contributed by atoms with van der Waals surface area (Å²) in [5, 5.41) is 10.0. The van der Waals surface area contributed by atoms with Crippen molar-refractivity contribution in [3.8, 4) is 22.6 Å². The lowest BCUT2D eigenvalue weighted by Crippen LogP contribution is -2.51. The number of methoxy groups -OCH3 is 1. The Balaban J connectivity index is 1.36. The number of nitrogens with zero attached hydrogens (tertiary/aromatic N) is 3. The number of hydrogen-bond donors (Lipinski definition) is 1. The molecule has 11 heteroatoms. The minimum atomic E-state index is -0.710. The highest BCUT2D eigenvalue weighted by atomic mass is 19.1. The van der Waals surface area contributed by atoms with Gasteiger partial charge in [0.15, 0.2) is 18.2 Å². The van der Waals surface area contributed by atoms with Gasteiger partial charge in [-0.3, -0.25) is 9.59 Å². The van der Waals surface area contributed by atoms with Gasteiger partial charge in [0.05, 0.1) is 11.6 Å².